The monoisotopic (exact) mass is 415 g/mol. The van der Waals surface area contributed by atoms with E-state index in [2.05, 4.69) is 16.9 Å². The van der Waals surface area contributed by atoms with Crippen LogP contribution in [0.5, 0.6) is 0 Å². The van der Waals surface area contributed by atoms with Gasteiger partial charge < -0.3 is 0 Å². The van der Waals surface area contributed by atoms with Gasteiger partial charge in [-0.3, -0.25) is 19.8 Å². The number of nitrogens with zero attached hydrogens (tertiary/aromatic N) is 2. The molecule has 27 heavy (non-hydrogen) atoms. The first-order chi connectivity index (χ1) is 13.0. The SMILES string of the molecule is C=CCN1C(=O)/C(=C\c2cccnc2Sc2ccc(Cl)cc2)C(=O)NC1=S. The van der Waals surface area contributed by atoms with Crippen molar-refractivity contribution in [3.63, 3.8) is 0 Å². The molecule has 1 aromatic heterocycles. The van der Waals surface area contributed by atoms with Crippen LogP contribution in [0.25, 0.3) is 6.08 Å². The number of pyridine rings is 1. The van der Waals surface area contributed by atoms with E-state index in [0.717, 1.165) is 4.90 Å². The Balaban J connectivity index is 1.95. The Morgan fingerprint density at radius 3 is 2.70 bits per heavy atom. The molecule has 1 fully saturated rings. The summed E-state index contributed by atoms with van der Waals surface area (Å²) in [5.41, 5.74) is 0.652. The van der Waals surface area contributed by atoms with Crippen LogP contribution in [0.3, 0.4) is 0 Å². The Bertz CT molecular complexity index is 958. The van der Waals surface area contributed by atoms with Crippen molar-refractivity contribution < 1.29 is 9.59 Å². The first-order valence-electron chi connectivity index (χ1n) is 7.88. The van der Waals surface area contributed by atoms with Crippen molar-refractivity contribution in [2.75, 3.05) is 6.54 Å². The van der Waals surface area contributed by atoms with Gasteiger partial charge in [-0.2, -0.15) is 0 Å². The summed E-state index contributed by atoms with van der Waals surface area (Å²) >= 11 is 12.4. The van der Waals surface area contributed by atoms with Gasteiger partial charge in [0.15, 0.2) is 5.11 Å². The molecule has 2 aromatic rings. The number of hydrogen-bond acceptors (Lipinski definition) is 5. The molecule has 0 radical (unpaired) electrons. The second kappa shape index (κ2) is 8.47. The summed E-state index contributed by atoms with van der Waals surface area (Å²) in [7, 11) is 0. The second-order valence-electron chi connectivity index (χ2n) is 5.48. The van der Waals surface area contributed by atoms with Crippen LogP contribution in [0.15, 0.2) is 70.7 Å². The Kier molecular flexibility index (Phi) is 6.05. The lowest BCUT2D eigenvalue weighted by atomic mass is 10.1. The number of rotatable bonds is 5. The summed E-state index contributed by atoms with van der Waals surface area (Å²) in [6.45, 7) is 3.83. The molecule has 1 aromatic carbocycles. The maximum Gasteiger partial charge on any atom is 0.265 e. The summed E-state index contributed by atoms with van der Waals surface area (Å²) in [4.78, 5) is 31.6. The van der Waals surface area contributed by atoms with E-state index in [1.165, 1.54) is 22.7 Å². The summed E-state index contributed by atoms with van der Waals surface area (Å²) in [5, 5.41) is 3.91. The number of aromatic nitrogens is 1. The normalized spacial score (nSPS) is 15.8. The minimum atomic E-state index is -0.531. The standard InChI is InChI=1S/C19H14ClN3O2S2/c1-2-10-23-18(25)15(16(24)22-19(23)26)11-12-4-3-9-21-17(12)27-14-7-5-13(20)6-8-14/h2-9,11H,1,10H2,(H,22,24,26)/b15-11-. The van der Waals surface area contributed by atoms with Gasteiger partial charge in [0.05, 0.1) is 0 Å². The minimum absolute atomic E-state index is 0.00333. The summed E-state index contributed by atoms with van der Waals surface area (Å²) in [6.07, 6.45) is 4.73. The largest absolute Gasteiger partial charge is 0.298 e. The van der Waals surface area contributed by atoms with E-state index < -0.39 is 11.8 Å². The summed E-state index contributed by atoms with van der Waals surface area (Å²) in [6, 6.07) is 10.9. The van der Waals surface area contributed by atoms with E-state index in [9.17, 15) is 9.59 Å². The molecular formula is C19H14ClN3O2S2. The molecule has 0 bridgehead atoms. The first-order valence-corrected chi connectivity index (χ1v) is 9.48. The lowest BCUT2D eigenvalue weighted by Gasteiger charge is -2.27. The van der Waals surface area contributed by atoms with Crippen LogP contribution < -0.4 is 5.32 Å². The maximum atomic E-state index is 12.7. The van der Waals surface area contributed by atoms with E-state index in [1.54, 1.807) is 36.5 Å². The molecule has 0 unspecified atom stereocenters. The molecule has 1 aliphatic rings. The van der Waals surface area contributed by atoms with Gasteiger partial charge in [0.2, 0.25) is 0 Å². The highest BCUT2D eigenvalue weighted by molar-refractivity contribution is 7.99. The number of hydrogen-bond donors (Lipinski definition) is 1. The number of benzene rings is 1. The minimum Gasteiger partial charge on any atom is -0.298 e. The van der Waals surface area contributed by atoms with Gasteiger partial charge >= 0.3 is 0 Å². The fraction of sp³-hybridized carbons (Fsp3) is 0.0526. The number of thiocarbonyl (C=S) groups is 1. The lowest BCUT2D eigenvalue weighted by Crippen LogP contribution is -2.53. The molecule has 5 nitrogen and oxygen atoms in total. The highest BCUT2D eigenvalue weighted by Gasteiger charge is 2.32. The molecule has 1 saturated heterocycles. The summed E-state index contributed by atoms with van der Waals surface area (Å²) in [5.74, 6) is -0.994. The fourth-order valence-corrected chi connectivity index (χ4v) is 3.59. The number of nitrogens with one attached hydrogen (secondary N) is 1. The molecule has 1 N–H and O–H groups in total. The Labute approximate surface area is 171 Å². The third-order valence-electron chi connectivity index (χ3n) is 3.63. The van der Waals surface area contributed by atoms with Crippen molar-refractivity contribution in [3.8, 4) is 0 Å². The molecular weight excluding hydrogens is 402 g/mol. The zero-order chi connectivity index (χ0) is 19.4. The van der Waals surface area contributed by atoms with Crippen molar-refractivity contribution in [2.45, 2.75) is 9.92 Å². The van der Waals surface area contributed by atoms with Crippen LogP contribution in [0.1, 0.15) is 5.56 Å². The molecule has 2 amide bonds. The molecule has 8 heteroatoms. The molecule has 0 saturated carbocycles. The Morgan fingerprint density at radius 1 is 1.26 bits per heavy atom. The van der Waals surface area contributed by atoms with Gasteiger partial charge in [-0.05, 0) is 48.6 Å². The highest BCUT2D eigenvalue weighted by atomic mass is 35.5. The Hall–Kier alpha value is -2.48. The zero-order valence-electron chi connectivity index (χ0n) is 14.0. The topological polar surface area (TPSA) is 62.3 Å². The molecule has 3 rings (SSSR count). The second-order valence-corrected chi connectivity index (χ2v) is 7.36. The van der Waals surface area contributed by atoms with Gasteiger partial charge in [0.25, 0.3) is 11.8 Å². The van der Waals surface area contributed by atoms with E-state index in [-0.39, 0.29) is 17.2 Å². The third-order valence-corrected chi connectivity index (χ3v) is 5.24. The fourth-order valence-electron chi connectivity index (χ4n) is 2.36. The van der Waals surface area contributed by atoms with Crippen LogP contribution in [-0.2, 0) is 9.59 Å². The van der Waals surface area contributed by atoms with Gasteiger partial charge in [-0.1, -0.05) is 35.5 Å². The quantitative estimate of drug-likeness (QED) is 0.349. The molecule has 0 spiro atoms. The number of amides is 2. The third kappa shape index (κ3) is 4.44. The molecule has 136 valence electrons. The Morgan fingerprint density at radius 2 is 2.00 bits per heavy atom. The predicted molar refractivity (Wildman–Crippen MR) is 110 cm³/mol. The summed E-state index contributed by atoms with van der Waals surface area (Å²) < 4.78 is 0. The van der Waals surface area contributed by atoms with Crippen LogP contribution in [0.2, 0.25) is 5.02 Å². The van der Waals surface area contributed by atoms with Gasteiger partial charge in [0, 0.05) is 28.2 Å². The van der Waals surface area contributed by atoms with Crippen LogP contribution in [-0.4, -0.2) is 33.4 Å². The number of carbonyl (C=O) groups excluding carboxylic acids is 2. The van der Waals surface area contributed by atoms with Crippen LogP contribution in [0.4, 0.5) is 0 Å². The van der Waals surface area contributed by atoms with Crippen molar-refractivity contribution in [3.05, 3.63) is 71.4 Å². The van der Waals surface area contributed by atoms with E-state index in [0.29, 0.717) is 15.6 Å². The van der Waals surface area contributed by atoms with Gasteiger partial charge in [0.1, 0.15) is 10.6 Å². The van der Waals surface area contributed by atoms with Gasteiger partial charge in [-0.25, -0.2) is 4.98 Å². The molecule has 0 atom stereocenters. The van der Waals surface area contributed by atoms with Crippen molar-refractivity contribution in [2.24, 2.45) is 0 Å². The van der Waals surface area contributed by atoms with Crippen molar-refractivity contribution in [1.82, 2.24) is 15.2 Å². The lowest BCUT2D eigenvalue weighted by molar-refractivity contribution is -0.128. The van der Waals surface area contributed by atoms with E-state index in [4.69, 9.17) is 23.8 Å². The number of carbonyl (C=O) groups is 2. The predicted octanol–water partition coefficient (Wildman–Crippen LogP) is 3.70. The highest BCUT2D eigenvalue weighted by Crippen LogP contribution is 2.31. The van der Waals surface area contributed by atoms with E-state index in [1.807, 2.05) is 12.1 Å². The van der Waals surface area contributed by atoms with Crippen molar-refractivity contribution in [1.29, 1.82) is 0 Å². The van der Waals surface area contributed by atoms with Crippen LogP contribution >= 0.6 is 35.6 Å². The average molecular weight is 416 g/mol. The van der Waals surface area contributed by atoms with E-state index >= 15 is 0 Å². The smallest absolute Gasteiger partial charge is 0.265 e. The molecule has 2 heterocycles. The van der Waals surface area contributed by atoms with Gasteiger partial charge in [-0.15, -0.1) is 6.58 Å². The maximum absolute atomic E-state index is 12.7. The first kappa shape index (κ1) is 19.3. The van der Waals surface area contributed by atoms with Crippen molar-refractivity contribution >= 4 is 58.6 Å². The average Bonchev–Trinajstić information content (AvgIpc) is 2.65. The zero-order valence-corrected chi connectivity index (χ0v) is 16.4. The molecule has 1 aliphatic heterocycles. The van der Waals surface area contributed by atoms with Crippen LogP contribution in [0, 0.1) is 0 Å². The molecule has 0 aliphatic carbocycles. The number of halogens is 1.